The molecule has 4 aliphatic carbocycles. The maximum Gasteiger partial charge on any atom is 1.00 e. The minimum Gasteiger partial charge on any atom is -0.726 e. The van der Waals surface area contributed by atoms with E-state index in [4.69, 9.17) is 51.6 Å². The molecule has 492 valence electrons. The van der Waals surface area contributed by atoms with Crippen LogP contribution in [0.1, 0.15) is 127 Å². The van der Waals surface area contributed by atoms with Crippen LogP contribution in [-0.4, -0.2) is 251 Å². The first-order valence-corrected chi connectivity index (χ1v) is 31.7. The molecule has 86 heavy (non-hydrogen) atoms. The summed E-state index contributed by atoms with van der Waals surface area (Å²) in [5, 5.41) is 147. The normalized spacial score (nSPS) is 51.3. The fourth-order valence-electron chi connectivity index (χ4n) is 16.1. The van der Waals surface area contributed by atoms with Crippen LogP contribution in [0, 0.1) is 46.3 Å². The number of allylic oxidation sites excluding steroid dienone is 2. The van der Waals surface area contributed by atoms with E-state index in [1.807, 2.05) is 0 Å². The number of rotatable bonds is 17. The van der Waals surface area contributed by atoms with E-state index < -0.39 is 193 Å². The Morgan fingerprint density at radius 2 is 1.10 bits per heavy atom. The predicted octanol–water partition coefficient (Wildman–Crippen LogP) is -4.60. The van der Waals surface area contributed by atoms with Gasteiger partial charge in [0.1, 0.15) is 91.6 Å². The van der Waals surface area contributed by atoms with E-state index in [1.165, 1.54) is 40.2 Å². The maximum atomic E-state index is 12.5. The van der Waals surface area contributed by atoms with Gasteiger partial charge in [-0.3, -0.25) is 4.18 Å². The second-order valence-corrected chi connectivity index (χ2v) is 28.1. The van der Waals surface area contributed by atoms with Crippen LogP contribution in [-0.2, 0) is 62.0 Å². The molecule has 13 N–H and O–H groups in total. The van der Waals surface area contributed by atoms with Gasteiger partial charge in [0.2, 0.25) is 16.2 Å². The summed E-state index contributed by atoms with van der Waals surface area (Å²) in [6.45, 7) is 17.6. The van der Waals surface area contributed by atoms with Crippen molar-refractivity contribution in [1.29, 1.82) is 0 Å². The molecule has 0 spiro atoms. The molecule has 0 aromatic carbocycles. The Balaban J connectivity index is 0.00000961. The summed E-state index contributed by atoms with van der Waals surface area (Å²) >= 11 is 0. The van der Waals surface area contributed by atoms with Crippen molar-refractivity contribution in [2.24, 2.45) is 46.3 Å². The Morgan fingerprint density at radius 1 is 0.593 bits per heavy atom. The van der Waals surface area contributed by atoms with E-state index in [9.17, 15) is 79.4 Å². The van der Waals surface area contributed by atoms with E-state index in [2.05, 4.69) is 40.7 Å². The molecule has 0 aromatic rings. The van der Waals surface area contributed by atoms with E-state index >= 15 is 0 Å². The Kier molecular flexibility index (Phi) is 22.9. The Morgan fingerprint density at radius 3 is 1.67 bits per heavy atom. The van der Waals surface area contributed by atoms with Crippen molar-refractivity contribution in [2.45, 2.75) is 299 Å². The van der Waals surface area contributed by atoms with Crippen molar-refractivity contribution in [3.63, 3.8) is 0 Å². The quantitative estimate of drug-likeness (QED) is 0.0214. The van der Waals surface area contributed by atoms with Crippen LogP contribution < -0.4 is 29.6 Å². The largest absolute Gasteiger partial charge is 1.00 e. The van der Waals surface area contributed by atoms with Gasteiger partial charge in [0, 0.05) is 0 Å². The van der Waals surface area contributed by atoms with E-state index in [-0.39, 0.29) is 71.5 Å². The average Bonchev–Trinajstić information content (AvgIpc) is 1.27. The van der Waals surface area contributed by atoms with E-state index in [0.717, 1.165) is 19.3 Å². The smallest absolute Gasteiger partial charge is 0.726 e. The molecular weight excluding hydrogens is 1170 g/mol. The molecule has 5 aliphatic heterocycles. The number of ether oxygens (including phenoxy) is 10. The van der Waals surface area contributed by atoms with E-state index in [1.54, 1.807) is 0 Å². The minimum atomic E-state index is -5.13. The van der Waals surface area contributed by atoms with Gasteiger partial charge in [0.25, 0.3) is 0 Å². The molecule has 5 heterocycles. The van der Waals surface area contributed by atoms with Crippen molar-refractivity contribution in [1.82, 2.24) is 0 Å². The molecule has 27 nitrogen and oxygen atoms in total. The summed E-state index contributed by atoms with van der Waals surface area (Å²) in [4.78, 5) is 0. The molecule has 0 bridgehead atoms. The van der Waals surface area contributed by atoms with Crippen LogP contribution in [0.5, 0.6) is 0 Å². The molecule has 21 unspecified atom stereocenters. The second kappa shape index (κ2) is 27.6. The fraction of sp³-hybridized carbons (Fsp3) is 0.965. The molecule has 9 aliphatic rings. The van der Waals surface area contributed by atoms with Gasteiger partial charge in [-0.25, -0.2) is 8.42 Å². The molecule has 0 aromatic heterocycles. The van der Waals surface area contributed by atoms with Gasteiger partial charge in [0.15, 0.2) is 31.5 Å². The number of hydrogen-bond donors (Lipinski definition) is 13. The Labute approximate surface area is 524 Å². The standard InChI is InChI=1S/C57H96O27S.Na/c1-21(2)17-28(58)18-22(3)31-11-12-32-30-20-35(34-19-29(84-85(71,72)73)13-15-56(34,10)33(30)14-16-55(31,32)9)79-52-45(68)49(57(69,70)27(8)78-52)83-54-48(82-51-43(66)40(63)37(60)24(5)75-51)44(67)46(26(7)77-54)80-53-47(41(64)38(61)25(6)76-53)81-50-42(65)39(62)36(59)23(4)74-50;/h14,21-32,34-54,58-70H,11-13,15-20H2,1-10H3,(H,71,72,73);/q;+1/p-1/t22-,23?,24?,25?,26?,27?,28?,29?,30?,31-,32?,34?,35?,36+,37-,38+,39?,40?,41?,42?,43?,44?,45?,46-,47?,48?,49?,50+,51+,52+,53+,54+,55-,56-;/m1./s1. The molecular formula is C57H95NaO27S. The molecule has 34 atom stereocenters. The third-order valence-corrected chi connectivity index (χ3v) is 21.4. The van der Waals surface area contributed by atoms with Gasteiger partial charge in [-0.2, -0.15) is 0 Å². The van der Waals surface area contributed by atoms with Crippen molar-refractivity contribution in [3.05, 3.63) is 11.6 Å². The van der Waals surface area contributed by atoms with Gasteiger partial charge >= 0.3 is 29.6 Å². The third-order valence-electron chi connectivity index (χ3n) is 20.9. The van der Waals surface area contributed by atoms with Crippen LogP contribution in [0.15, 0.2) is 11.6 Å². The van der Waals surface area contributed by atoms with Crippen LogP contribution in [0.4, 0.5) is 0 Å². The number of hydrogen-bond acceptors (Lipinski definition) is 27. The molecule has 29 heteroatoms. The SMILES string of the molecule is CC(C)CC(O)C[C@@H](C)[C@H]1CCC2C3CC(O[C@@H]4OC(C)C(O)(O)C(O[C@@H]5OC(C)[C@@H](O[C@@H]6OC(C)[C@H](O)C(O)C6O[C@@H]6OC(C)[C@H](O)C(O)C6O)C(O)C5O[C@@H]5OC(C)[C@@H](O)C(O)C5O)C4O)C4CC(OS(=O)(=O)[O-])CC[C@]4(C)C3=CC[C@@]21C.[Na+]. The number of aliphatic hydroxyl groups excluding tert-OH is 11. The summed E-state index contributed by atoms with van der Waals surface area (Å²) in [5.41, 5.74) is 0.406. The number of fused-ring (bicyclic) bond motifs is 5. The summed E-state index contributed by atoms with van der Waals surface area (Å²) < 4.78 is 103. The van der Waals surface area contributed by atoms with Crippen LogP contribution in [0.3, 0.4) is 0 Å². The maximum absolute atomic E-state index is 12.5. The monoisotopic (exact) mass is 1270 g/mol. The zero-order chi connectivity index (χ0) is 62.5. The van der Waals surface area contributed by atoms with Gasteiger partial charge in [-0.1, -0.05) is 46.3 Å². The average molecular weight is 1270 g/mol. The van der Waals surface area contributed by atoms with Crippen molar-refractivity contribution < 1.29 is 160 Å². The van der Waals surface area contributed by atoms with Crippen LogP contribution in [0.2, 0.25) is 0 Å². The van der Waals surface area contributed by atoms with Crippen molar-refractivity contribution in [3.8, 4) is 0 Å². The molecule has 5 saturated heterocycles. The summed E-state index contributed by atoms with van der Waals surface area (Å²) in [7, 11) is -5.13. The first kappa shape index (κ1) is 71.5. The van der Waals surface area contributed by atoms with Gasteiger partial charge in [-0.05, 0) is 139 Å². The van der Waals surface area contributed by atoms with Gasteiger partial charge in [-0.15, -0.1) is 0 Å². The van der Waals surface area contributed by atoms with Gasteiger partial charge in [0.05, 0.1) is 42.7 Å². The molecule has 8 fully saturated rings. The van der Waals surface area contributed by atoms with Gasteiger partial charge < -0.3 is 118 Å². The molecule has 9 rings (SSSR count). The predicted molar refractivity (Wildman–Crippen MR) is 288 cm³/mol. The summed E-state index contributed by atoms with van der Waals surface area (Å²) in [5.74, 6) is -2.68. The summed E-state index contributed by atoms with van der Waals surface area (Å²) in [6.07, 6.45) is -36.2. The molecule has 3 saturated carbocycles. The van der Waals surface area contributed by atoms with E-state index in [0.29, 0.717) is 31.6 Å². The third kappa shape index (κ3) is 14.1. The minimum absolute atomic E-state index is 0. The topological polar surface area (TPSA) is 422 Å². The van der Waals surface area contributed by atoms with Crippen LogP contribution in [0.25, 0.3) is 0 Å². The Hall–Kier alpha value is -0.310. The Bertz CT molecular complexity index is 2400. The first-order chi connectivity index (χ1) is 39.6. The summed E-state index contributed by atoms with van der Waals surface area (Å²) in [6, 6.07) is 0. The fourth-order valence-corrected chi connectivity index (χ4v) is 16.7. The first-order valence-electron chi connectivity index (χ1n) is 30.4. The van der Waals surface area contributed by atoms with Crippen molar-refractivity contribution in [2.75, 3.05) is 0 Å². The van der Waals surface area contributed by atoms with Crippen LogP contribution >= 0.6 is 0 Å². The zero-order valence-electron chi connectivity index (χ0n) is 50.9. The second-order valence-electron chi connectivity index (χ2n) is 27.1. The number of aliphatic hydroxyl groups is 13. The van der Waals surface area contributed by atoms with Crippen molar-refractivity contribution >= 4 is 10.4 Å². The zero-order valence-corrected chi connectivity index (χ0v) is 53.7. The molecule has 0 amide bonds. The molecule has 0 radical (unpaired) electrons.